The first-order valence-electron chi connectivity index (χ1n) is 8.83. The van der Waals surface area contributed by atoms with Gasteiger partial charge in [-0.05, 0) is 42.3 Å². The summed E-state index contributed by atoms with van der Waals surface area (Å²) in [7, 11) is 1.39. The van der Waals surface area contributed by atoms with Crippen molar-refractivity contribution in [2.75, 3.05) is 7.11 Å². The number of esters is 1. The first-order chi connectivity index (χ1) is 13.6. The number of halogens is 1. The minimum absolute atomic E-state index is 0.0496. The fourth-order valence-corrected chi connectivity index (χ4v) is 2.75. The van der Waals surface area contributed by atoms with Crippen molar-refractivity contribution in [3.63, 3.8) is 0 Å². The summed E-state index contributed by atoms with van der Waals surface area (Å²) in [5.74, 6) is -0.450. The van der Waals surface area contributed by atoms with Gasteiger partial charge in [-0.15, -0.1) is 0 Å². The number of methoxy groups -OCH3 is 1. The Labute approximate surface area is 163 Å². The van der Waals surface area contributed by atoms with Gasteiger partial charge in [0.15, 0.2) is 11.6 Å². The first-order valence-corrected chi connectivity index (χ1v) is 8.83. The lowest BCUT2D eigenvalue weighted by molar-refractivity contribution is 0.0467. The Morgan fingerprint density at radius 1 is 0.893 bits per heavy atom. The molecular weight excluding hydrogens is 359 g/mol. The van der Waals surface area contributed by atoms with Crippen LogP contribution >= 0.6 is 0 Å². The quantitative estimate of drug-likeness (QED) is 0.536. The van der Waals surface area contributed by atoms with Crippen molar-refractivity contribution in [1.29, 1.82) is 0 Å². The summed E-state index contributed by atoms with van der Waals surface area (Å²) in [6, 6.07) is 19.3. The molecule has 3 rings (SSSR count). The van der Waals surface area contributed by atoms with Gasteiger partial charge in [0.05, 0.1) is 7.11 Å². The zero-order valence-electron chi connectivity index (χ0n) is 15.8. The van der Waals surface area contributed by atoms with Crippen LogP contribution in [-0.4, -0.2) is 13.1 Å². The monoisotopic (exact) mass is 380 g/mol. The number of carbonyl (C=O) groups excluding carboxylic acids is 1. The zero-order valence-corrected chi connectivity index (χ0v) is 15.8. The molecule has 4 nitrogen and oxygen atoms in total. The predicted octanol–water partition coefficient (Wildman–Crippen LogP) is 5.08. The van der Waals surface area contributed by atoms with Gasteiger partial charge in [0.25, 0.3) is 0 Å². The second-order valence-electron chi connectivity index (χ2n) is 6.32. The van der Waals surface area contributed by atoms with Gasteiger partial charge in [0.1, 0.15) is 24.5 Å². The molecule has 0 aliphatic carbocycles. The molecule has 0 aromatic heterocycles. The van der Waals surface area contributed by atoms with Crippen molar-refractivity contribution in [2.24, 2.45) is 0 Å². The molecule has 144 valence electrons. The number of hydrogen-bond acceptors (Lipinski definition) is 4. The fraction of sp³-hybridized carbons (Fsp3) is 0.174. The van der Waals surface area contributed by atoms with Crippen molar-refractivity contribution in [1.82, 2.24) is 0 Å². The summed E-state index contributed by atoms with van der Waals surface area (Å²) in [4.78, 5) is 12.5. The molecule has 0 radical (unpaired) electrons. The number of carbonyl (C=O) groups is 1. The van der Waals surface area contributed by atoms with Crippen LogP contribution in [0.5, 0.6) is 11.5 Å². The molecule has 0 bridgehead atoms. The standard InChI is InChI=1S/C23H21FO4/c1-16-6-5-7-17(12-16)14-27-21-9-4-3-8-19(21)23(25)28-15-18-10-11-22(26-2)20(24)13-18/h3-13H,14-15H2,1-2H3. The van der Waals surface area contributed by atoms with E-state index >= 15 is 0 Å². The Morgan fingerprint density at radius 3 is 2.43 bits per heavy atom. The molecule has 0 atom stereocenters. The van der Waals surface area contributed by atoms with E-state index in [0.717, 1.165) is 11.1 Å². The van der Waals surface area contributed by atoms with Gasteiger partial charge in [-0.25, -0.2) is 9.18 Å². The van der Waals surface area contributed by atoms with Gasteiger partial charge in [0.2, 0.25) is 0 Å². The highest BCUT2D eigenvalue weighted by atomic mass is 19.1. The summed E-state index contributed by atoms with van der Waals surface area (Å²) in [5.41, 5.74) is 3.01. The van der Waals surface area contributed by atoms with Gasteiger partial charge in [-0.1, -0.05) is 48.0 Å². The molecule has 0 N–H and O–H groups in total. The molecule has 0 spiro atoms. The van der Waals surface area contributed by atoms with Crippen LogP contribution in [-0.2, 0) is 18.0 Å². The van der Waals surface area contributed by atoms with Crippen LogP contribution in [0.25, 0.3) is 0 Å². The molecule has 0 saturated heterocycles. The smallest absolute Gasteiger partial charge is 0.342 e. The molecule has 0 heterocycles. The lowest BCUT2D eigenvalue weighted by Crippen LogP contribution is -2.08. The van der Waals surface area contributed by atoms with Crippen LogP contribution in [0.2, 0.25) is 0 Å². The topological polar surface area (TPSA) is 44.8 Å². The Balaban J connectivity index is 1.66. The maximum Gasteiger partial charge on any atom is 0.342 e. The third kappa shape index (κ3) is 4.88. The zero-order chi connectivity index (χ0) is 19.9. The molecule has 5 heteroatoms. The van der Waals surface area contributed by atoms with Crippen LogP contribution in [0, 0.1) is 12.7 Å². The summed E-state index contributed by atoms with van der Waals surface area (Å²) in [6.07, 6.45) is 0. The Hall–Kier alpha value is -3.34. The molecular formula is C23H21FO4. The largest absolute Gasteiger partial charge is 0.494 e. The third-order valence-electron chi connectivity index (χ3n) is 4.17. The van der Waals surface area contributed by atoms with Gasteiger partial charge in [-0.3, -0.25) is 0 Å². The number of rotatable bonds is 7. The summed E-state index contributed by atoms with van der Waals surface area (Å²) < 4.78 is 29.8. The third-order valence-corrected chi connectivity index (χ3v) is 4.17. The van der Waals surface area contributed by atoms with Crippen molar-refractivity contribution >= 4 is 5.97 Å². The highest BCUT2D eigenvalue weighted by Gasteiger charge is 2.14. The maximum atomic E-state index is 13.8. The van der Waals surface area contributed by atoms with E-state index < -0.39 is 11.8 Å². The van der Waals surface area contributed by atoms with Crippen molar-refractivity contribution in [2.45, 2.75) is 20.1 Å². The van der Waals surface area contributed by atoms with Crippen LogP contribution < -0.4 is 9.47 Å². The number of aryl methyl sites for hydroxylation is 1. The Kier molecular flexibility index (Phi) is 6.27. The number of hydrogen-bond donors (Lipinski definition) is 0. The molecule has 0 fully saturated rings. The number of benzene rings is 3. The minimum Gasteiger partial charge on any atom is -0.494 e. The lowest BCUT2D eigenvalue weighted by atomic mass is 10.1. The SMILES string of the molecule is COc1ccc(COC(=O)c2ccccc2OCc2cccc(C)c2)cc1F. The second kappa shape index (κ2) is 9.04. The van der Waals surface area contributed by atoms with E-state index in [4.69, 9.17) is 14.2 Å². The summed E-state index contributed by atoms with van der Waals surface area (Å²) >= 11 is 0. The molecule has 0 aliphatic rings. The Bertz CT molecular complexity index is 968. The first kappa shape index (κ1) is 19.4. The van der Waals surface area contributed by atoms with E-state index in [0.29, 0.717) is 23.5 Å². The van der Waals surface area contributed by atoms with Crippen molar-refractivity contribution < 1.29 is 23.4 Å². The van der Waals surface area contributed by atoms with Gasteiger partial charge < -0.3 is 14.2 Å². The van der Waals surface area contributed by atoms with Gasteiger partial charge >= 0.3 is 5.97 Å². The average Bonchev–Trinajstić information content (AvgIpc) is 2.71. The molecule has 3 aromatic carbocycles. The molecule has 28 heavy (non-hydrogen) atoms. The van der Waals surface area contributed by atoms with E-state index in [2.05, 4.69) is 0 Å². The van der Waals surface area contributed by atoms with E-state index in [1.807, 2.05) is 31.2 Å². The summed E-state index contributed by atoms with van der Waals surface area (Å²) in [5, 5.41) is 0. The number of para-hydroxylation sites is 1. The highest BCUT2D eigenvalue weighted by molar-refractivity contribution is 5.92. The fourth-order valence-electron chi connectivity index (χ4n) is 2.75. The minimum atomic E-state index is -0.531. The second-order valence-corrected chi connectivity index (χ2v) is 6.32. The maximum absolute atomic E-state index is 13.8. The van der Waals surface area contributed by atoms with E-state index in [-0.39, 0.29) is 12.4 Å². The summed E-state index contributed by atoms with van der Waals surface area (Å²) in [6.45, 7) is 2.30. The highest BCUT2D eigenvalue weighted by Crippen LogP contribution is 2.22. The predicted molar refractivity (Wildman–Crippen MR) is 104 cm³/mol. The van der Waals surface area contributed by atoms with Crippen molar-refractivity contribution in [3.05, 3.63) is 94.8 Å². The molecule has 0 saturated carbocycles. The van der Waals surface area contributed by atoms with E-state index in [1.54, 1.807) is 30.3 Å². The molecule has 0 unspecified atom stereocenters. The van der Waals surface area contributed by atoms with Crippen LogP contribution in [0.15, 0.2) is 66.7 Å². The normalized spacial score (nSPS) is 10.4. The van der Waals surface area contributed by atoms with Gasteiger partial charge in [-0.2, -0.15) is 0 Å². The number of ether oxygens (including phenoxy) is 3. The molecule has 0 aliphatic heterocycles. The van der Waals surface area contributed by atoms with Crippen LogP contribution in [0.3, 0.4) is 0 Å². The van der Waals surface area contributed by atoms with Gasteiger partial charge in [0, 0.05) is 0 Å². The van der Waals surface area contributed by atoms with Crippen LogP contribution in [0.4, 0.5) is 4.39 Å². The van der Waals surface area contributed by atoms with E-state index in [1.165, 1.54) is 19.2 Å². The molecule has 0 amide bonds. The Morgan fingerprint density at radius 2 is 1.68 bits per heavy atom. The van der Waals surface area contributed by atoms with Crippen LogP contribution in [0.1, 0.15) is 27.0 Å². The van der Waals surface area contributed by atoms with E-state index in [9.17, 15) is 9.18 Å². The lowest BCUT2D eigenvalue weighted by Gasteiger charge is -2.12. The average molecular weight is 380 g/mol. The van der Waals surface area contributed by atoms with Crippen molar-refractivity contribution in [3.8, 4) is 11.5 Å². The molecule has 3 aromatic rings.